The predicted octanol–water partition coefficient (Wildman–Crippen LogP) is 3.10. The first-order valence-corrected chi connectivity index (χ1v) is 5.47. The van der Waals surface area contributed by atoms with Crippen LogP contribution in [0, 0.1) is 11.3 Å². The predicted molar refractivity (Wildman–Crippen MR) is 61.4 cm³/mol. The fourth-order valence-electron chi connectivity index (χ4n) is 2.08. The summed E-state index contributed by atoms with van der Waals surface area (Å²) in [4.78, 5) is 11.4. The van der Waals surface area contributed by atoms with Gasteiger partial charge in [-0.1, -0.05) is 39.0 Å². The minimum absolute atomic E-state index is 0.0220. The molecule has 0 aromatic rings. The van der Waals surface area contributed by atoms with E-state index in [1.54, 1.807) is 6.08 Å². The van der Waals surface area contributed by atoms with Crippen molar-refractivity contribution in [1.29, 1.82) is 0 Å². The summed E-state index contributed by atoms with van der Waals surface area (Å²) in [6.07, 6.45) is 8.42. The molecular weight excluding hydrogens is 188 g/mol. The van der Waals surface area contributed by atoms with Crippen molar-refractivity contribution >= 4 is 5.97 Å². The van der Waals surface area contributed by atoms with Gasteiger partial charge in [0.05, 0.1) is 0 Å². The van der Waals surface area contributed by atoms with Crippen LogP contribution >= 0.6 is 0 Å². The Bertz CT molecular complexity index is 287. The van der Waals surface area contributed by atoms with E-state index in [-0.39, 0.29) is 17.5 Å². The highest BCUT2D eigenvalue weighted by molar-refractivity contribution is 5.82. The van der Waals surface area contributed by atoms with Crippen LogP contribution in [-0.2, 0) is 9.53 Å². The van der Waals surface area contributed by atoms with Gasteiger partial charge in [0.25, 0.3) is 0 Å². The van der Waals surface area contributed by atoms with Crippen molar-refractivity contribution in [2.24, 2.45) is 11.3 Å². The SMILES string of the molecule is C/C=C/C(=O)O[C@H]1[C@@H](C)C=CCC1(C)C. The molecule has 0 saturated heterocycles. The van der Waals surface area contributed by atoms with Crippen molar-refractivity contribution in [2.75, 3.05) is 0 Å². The summed E-state index contributed by atoms with van der Waals surface area (Å²) in [5.41, 5.74) is 0.0331. The Balaban J connectivity index is 2.73. The lowest BCUT2D eigenvalue weighted by molar-refractivity contribution is -0.152. The van der Waals surface area contributed by atoms with E-state index in [1.807, 2.05) is 6.92 Å². The maximum absolute atomic E-state index is 11.4. The van der Waals surface area contributed by atoms with Crippen molar-refractivity contribution < 1.29 is 9.53 Å². The molecule has 0 radical (unpaired) electrons. The first kappa shape index (κ1) is 12.0. The molecule has 1 aliphatic carbocycles. The van der Waals surface area contributed by atoms with Gasteiger partial charge in [0, 0.05) is 17.4 Å². The van der Waals surface area contributed by atoms with Gasteiger partial charge in [0.1, 0.15) is 6.10 Å². The monoisotopic (exact) mass is 208 g/mol. The molecule has 0 spiro atoms. The van der Waals surface area contributed by atoms with E-state index in [1.165, 1.54) is 6.08 Å². The standard InChI is InChI=1S/C13H20O2/c1-5-7-11(14)15-12-10(2)8-6-9-13(12,3)4/h5-8,10,12H,9H2,1-4H3/b7-5+/t10-,12-/m0/s1. The fraction of sp³-hybridized carbons (Fsp3) is 0.615. The molecule has 0 unspecified atom stereocenters. The molecule has 15 heavy (non-hydrogen) atoms. The Labute approximate surface area is 92.0 Å². The Morgan fingerprint density at radius 1 is 1.53 bits per heavy atom. The van der Waals surface area contributed by atoms with Crippen molar-refractivity contribution in [3.05, 3.63) is 24.3 Å². The minimum Gasteiger partial charge on any atom is -0.458 e. The van der Waals surface area contributed by atoms with Crippen LogP contribution in [0.3, 0.4) is 0 Å². The average Bonchev–Trinajstić information content (AvgIpc) is 2.12. The van der Waals surface area contributed by atoms with Gasteiger partial charge < -0.3 is 4.74 Å². The molecule has 0 aromatic heterocycles. The van der Waals surface area contributed by atoms with Crippen molar-refractivity contribution in [1.82, 2.24) is 0 Å². The smallest absolute Gasteiger partial charge is 0.330 e. The number of hydrogen-bond donors (Lipinski definition) is 0. The lowest BCUT2D eigenvalue weighted by Gasteiger charge is -2.38. The third-order valence-corrected chi connectivity index (χ3v) is 2.88. The molecule has 0 saturated carbocycles. The fourth-order valence-corrected chi connectivity index (χ4v) is 2.08. The molecule has 0 N–H and O–H groups in total. The van der Waals surface area contributed by atoms with Crippen molar-refractivity contribution in [3.8, 4) is 0 Å². The Morgan fingerprint density at radius 2 is 2.20 bits per heavy atom. The maximum Gasteiger partial charge on any atom is 0.330 e. The number of carbonyl (C=O) groups excluding carboxylic acids is 1. The molecule has 0 heterocycles. The van der Waals surface area contributed by atoms with E-state index in [0.717, 1.165) is 6.42 Å². The Hall–Kier alpha value is -1.05. The van der Waals surface area contributed by atoms with Gasteiger partial charge in [-0.2, -0.15) is 0 Å². The summed E-state index contributed by atoms with van der Waals surface area (Å²) in [7, 11) is 0. The van der Waals surface area contributed by atoms with Crippen LogP contribution in [0.15, 0.2) is 24.3 Å². The third-order valence-electron chi connectivity index (χ3n) is 2.88. The summed E-state index contributed by atoms with van der Waals surface area (Å²) >= 11 is 0. The van der Waals surface area contributed by atoms with Crippen LogP contribution in [0.4, 0.5) is 0 Å². The number of allylic oxidation sites excluding steroid dienone is 2. The number of hydrogen-bond acceptors (Lipinski definition) is 2. The largest absolute Gasteiger partial charge is 0.458 e. The van der Waals surface area contributed by atoms with Gasteiger partial charge in [0.2, 0.25) is 0 Å². The van der Waals surface area contributed by atoms with E-state index in [4.69, 9.17) is 4.74 Å². The molecule has 0 fully saturated rings. The topological polar surface area (TPSA) is 26.3 Å². The van der Waals surface area contributed by atoms with Crippen LogP contribution in [0.25, 0.3) is 0 Å². The number of esters is 1. The van der Waals surface area contributed by atoms with E-state index < -0.39 is 0 Å². The maximum atomic E-state index is 11.4. The van der Waals surface area contributed by atoms with Crippen LogP contribution in [0.1, 0.15) is 34.1 Å². The highest BCUT2D eigenvalue weighted by atomic mass is 16.5. The molecule has 0 aliphatic heterocycles. The Morgan fingerprint density at radius 3 is 2.73 bits per heavy atom. The van der Waals surface area contributed by atoms with Crippen LogP contribution in [0.2, 0.25) is 0 Å². The average molecular weight is 208 g/mol. The van der Waals surface area contributed by atoms with Crippen LogP contribution < -0.4 is 0 Å². The molecule has 2 heteroatoms. The highest BCUT2D eigenvalue weighted by Gasteiger charge is 2.37. The molecule has 2 nitrogen and oxygen atoms in total. The van der Waals surface area contributed by atoms with Gasteiger partial charge in [-0.05, 0) is 13.3 Å². The zero-order chi connectivity index (χ0) is 11.5. The summed E-state index contributed by atoms with van der Waals surface area (Å²) < 4.78 is 5.48. The molecule has 0 bridgehead atoms. The summed E-state index contributed by atoms with van der Waals surface area (Å²) in [5, 5.41) is 0. The summed E-state index contributed by atoms with van der Waals surface area (Å²) in [6, 6.07) is 0. The first-order valence-electron chi connectivity index (χ1n) is 5.47. The van der Waals surface area contributed by atoms with Crippen LogP contribution in [0.5, 0.6) is 0 Å². The van der Waals surface area contributed by atoms with Gasteiger partial charge in [0.15, 0.2) is 0 Å². The zero-order valence-electron chi connectivity index (χ0n) is 9.99. The van der Waals surface area contributed by atoms with Gasteiger partial charge >= 0.3 is 5.97 Å². The van der Waals surface area contributed by atoms with E-state index in [0.29, 0.717) is 5.92 Å². The minimum atomic E-state index is -0.238. The third kappa shape index (κ3) is 2.95. The zero-order valence-corrected chi connectivity index (χ0v) is 9.99. The van der Waals surface area contributed by atoms with Crippen molar-refractivity contribution in [2.45, 2.75) is 40.2 Å². The molecule has 2 atom stereocenters. The molecular formula is C13H20O2. The second-order valence-electron chi connectivity index (χ2n) is 4.84. The molecule has 0 aromatic carbocycles. The second kappa shape index (κ2) is 4.65. The van der Waals surface area contributed by atoms with E-state index >= 15 is 0 Å². The van der Waals surface area contributed by atoms with E-state index in [9.17, 15) is 4.79 Å². The van der Waals surface area contributed by atoms with Crippen LogP contribution in [-0.4, -0.2) is 12.1 Å². The molecule has 0 amide bonds. The Kier molecular flexibility index (Phi) is 3.72. The number of carbonyl (C=O) groups is 1. The van der Waals surface area contributed by atoms with Crippen molar-refractivity contribution in [3.63, 3.8) is 0 Å². The quantitative estimate of drug-likeness (QED) is 0.396. The highest BCUT2D eigenvalue weighted by Crippen LogP contribution is 2.37. The van der Waals surface area contributed by atoms with Gasteiger partial charge in [-0.25, -0.2) is 4.79 Å². The summed E-state index contributed by atoms with van der Waals surface area (Å²) in [5.74, 6) is 0.0562. The molecule has 84 valence electrons. The second-order valence-corrected chi connectivity index (χ2v) is 4.84. The molecule has 1 aliphatic rings. The lowest BCUT2D eigenvalue weighted by Crippen LogP contribution is -2.39. The first-order chi connectivity index (χ1) is 6.97. The molecule has 1 rings (SSSR count). The van der Waals surface area contributed by atoms with Gasteiger partial charge in [-0.3, -0.25) is 0 Å². The van der Waals surface area contributed by atoms with Gasteiger partial charge in [-0.15, -0.1) is 0 Å². The lowest BCUT2D eigenvalue weighted by atomic mass is 9.74. The summed E-state index contributed by atoms with van der Waals surface area (Å²) in [6.45, 7) is 8.18. The number of ether oxygens (including phenoxy) is 1. The normalized spacial score (nSPS) is 29.3. The number of rotatable bonds is 2. The van der Waals surface area contributed by atoms with E-state index in [2.05, 4.69) is 32.9 Å².